The second-order valence-corrected chi connectivity index (χ2v) is 6.75. The summed E-state index contributed by atoms with van der Waals surface area (Å²) in [6.45, 7) is 1.86. The minimum Gasteiger partial charge on any atom is -0.384 e. The van der Waals surface area contributed by atoms with Crippen LogP contribution in [0.5, 0.6) is 0 Å². The van der Waals surface area contributed by atoms with E-state index in [2.05, 4.69) is 10.3 Å². The Morgan fingerprint density at radius 3 is 2.26 bits per heavy atom. The summed E-state index contributed by atoms with van der Waals surface area (Å²) in [5, 5.41) is 10.0. The smallest absolute Gasteiger partial charge is 0.254 e. The van der Waals surface area contributed by atoms with E-state index >= 15 is 0 Å². The predicted molar refractivity (Wildman–Crippen MR) is 113 cm³/mol. The van der Waals surface area contributed by atoms with Crippen LogP contribution < -0.4 is 11.1 Å². The molecule has 1 aromatic heterocycles. The van der Waals surface area contributed by atoms with Gasteiger partial charge in [0, 0.05) is 31.1 Å². The summed E-state index contributed by atoms with van der Waals surface area (Å²) < 4.78 is 35.1. The molecule has 0 bridgehead atoms. The maximum absolute atomic E-state index is 14.9. The molecule has 3 rings (SSSR count). The van der Waals surface area contributed by atoms with Crippen molar-refractivity contribution in [2.75, 3.05) is 6.61 Å². The maximum Gasteiger partial charge on any atom is 0.254 e. The first-order chi connectivity index (χ1) is 14.9. The van der Waals surface area contributed by atoms with Crippen molar-refractivity contribution in [3.05, 3.63) is 89.2 Å². The lowest BCUT2D eigenvalue weighted by atomic mass is 10.0. The Hall–Kier alpha value is -3.65. The Bertz CT molecular complexity index is 1050. The van der Waals surface area contributed by atoms with E-state index in [0.29, 0.717) is 16.7 Å². The van der Waals surface area contributed by atoms with Crippen LogP contribution in [-0.4, -0.2) is 23.3 Å². The molecule has 0 aliphatic carbocycles. The first-order valence-electron chi connectivity index (χ1n) is 9.62. The molecule has 8 heteroatoms. The van der Waals surface area contributed by atoms with E-state index in [-0.39, 0.29) is 19.0 Å². The second-order valence-electron chi connectivity index (χ2n) is 6.75. The highest BCUT2D eigenvalue weighted by molar-refractivity contribution is 5.94. The van der Waals surface area contributed by atoms with E-state index in [4.69, 9.17) is 15.9 Å². The third kappa shape index (κ3) is 5.29. The first kappa shape index (κ1) is 22.0. The number of halogens is 2. The average Bonchev–Trinajstić information content (AvgIpc) is 2.77. The third-order valence-corrected chi connectivity index (χ3v) is 4.66. The minimum absolute atomic E-state index is 0.0619. The molecular formula is C23H22F2N4O2. The van der Waals surface area contributed by atoms with Crippen molar-refractivity contribution in [1.29, 1.82) is 5.41 Å². The second kappa shape index (κ2) is 9.90. The highest BCUT2D eigenvalue weighted by atomic mass is 19.1. The number of nitrogen functional groups attached to an aromatic ring is 1. The predicted octanol–water partition coefficient (Wildman–Crippen LogP) is 3.70. The molecule has 2 aromatic carbocycles. The molecule has 0 unspecified atom stereocenters. The molecule has 1 heterocycles. The topological polar surface area (TPSA) is 101 Å². The van der Waals surface area contributed by atoms with E-state index < -0.39 is 29.2 Å². The SMILES string of the molecule is CCO[C@H](C(=O)NCc1ccc(C(=N)N)cc1)c1c(F)cc(-c2ccncc2)cc1F. The number of nitrogens with one attached hydrogen (secondary N) is 2. The van der Waals surface area contributed by atoms with Gasteiger partial charge in [-0.05, 0) is 47.9 Å². The molecular weight excluding hydrogens is 402 g/mol. The van der Waals surface area contributed by atoms with Gasteiger partial charge in [-0.3, -0.25) is 15.2 Å². The van der Waals surface area contributed by atoms with Crippen molar-refractivity contribution in [1.82, 2.24) is 10.3 Å². The zero-order valence-electron chi connectivity index (χ0n) is 16.9. The van der Waals surface area contributed by atoms with E-state index in [0.717, 1.165) is 5.56 Å². The van der Waals surface area contributed by atoms with Crippen LogP contribution in [0.2, 0.25) is 0 Å². The van der Waals surface area contributed by atoms with Crippen molar-refractivity contribution in [3.8, 4) is 11.1 Å². The van der Waals surface area contributed by atoms with Crippen LogP contribution in [-0.2, 0) is 16.1 Å². The van der Waals surface area contributed by atoms with E-state index in [1.807, 2.05) is 0 Å². The van der Waals surface area contributed by atoms with E-state index in [1.165, 1.54) is 24.5 Å². The largest absolute Gasteiger partial charge is 0.384 e. The molecule has 3 aromatic rings. The summed E-state index contributed by atoms with van der Waals surface area (Å²) in [4.78, 5) is 16.6. The molecule has 0 saturated heterocycles. The highest BCUT2D eigenvalue weighted by Crippen LogP contribution is 2.29. The van der Waals surface area contributed by atoms with Crippen LogP contribution in [0.3, 0.4) is 0 Å². The Morgan fingerprint density at radius 1 is 1.10 bits per heavy atom. The number of benzene rings is 2. The van der Waals surface area contributed by atoms with Crippen LogP contribution in [0.1, 0.15) is 29.7 Å². The summed E-state index contributed by atoms with van der Waals surface area (Å²) in [5.74, 6) is -2.46. The van der Waals surface area contributed by atoms with Gasteiger partial charge in [0.15, 0.2) is 6.10 Å². The fraction of sp³-hybridized carbons (Fsp3) is 0.174. The Balaban J connectivity index is 1.80. The maximum atomic E-state index is 14.9. The molecule has 1 atom stereocenters. The molecule has 0 aliphatic rings. The fourth-order valence-corrected chi connectivity index (χ4v) is 3.09. The summed E-state index contributed by atoms with van der Waals surface area (Å²) in [7, 11) is 0. The molecule has 160 valence electrons. The van der Waals surface area contributed by atoms with Gasteiger partial charge in [-0.25, -0.2) is 8.78 Å². The normalized spacial score (nSPS) is 11.7. The van der Waals surface area contributed by atoms with E-state index in [9.17, 15) is 13.6 Å². The van der Waals surface area contributed by atoms with Crippen molar-refractivity contribution in [3.63, 3.8) is 0 Å². The molecule has 6 nitrogen and oxygen atoms in total. The van der Waals surface area contributed by atoms with Gasteiger partial charge in [-0.1, -0.05) is 24.3 Å². The Kier molecular flexibility index (Phi) is 7.04. The summed E-state index contributed by atoms with van der Waals surface area (Å²) in [5.41, 5.74) is 7.21. The molecule has 1 amide bonds. The van der Waals surface area contributed by atoms with Gasteiger partial charge in [0.1, 0.15) is 17.5 Å². The summed E-state index contributed by atoms with van der Waals surface area (Å²) in [6, 6.07) is 12.3. The number of rotatable bonds is 8. The van der Waals surface area contributed by atoms with Gasteiger partial charge in [0.2, 0.25) is 0 Å². The number of ether oxygens (including phenoxy) is 1. The minimum atomic E-state index is -1.44. The zero-order chi connectivity index (χ0) is 22.4. The number of amidine groups is 1. The Morgan fingerprint density at radius 2 is 1.71 bits per heavy atom. The standard InChI is InChI=1S/C23H22F2N4O2/c1-2-31-21(23(30)29-13-14-3-5-16(6-4-14)22(26)27)20-18(24)11-17(12-19(20)25)15-7-9-28-10-8-15/h3-12,21H,2,13H2,1H3,(H3,26,27)(H,29,30)/t21-/m0/s1. The lowest BCUT2D eigenvalue weighted by Gasteiger charge is -2.19. The quantitative estimate of drug-likeness (QED) is 0.379. The molecule has 0 spiro atoms. The number of amides is 1. The van der Waals surface area contributed by atoms with Gasteiger partial charge >= 0.3 is 0 Å². The number of pyridine rings is 1. The van der Waals surface area contributed by atoms with Gasteiger partial charge in [0.25, 0.3) is 5.91 Å². The number of hydrogen-bond acceptors (Lipinski definition) is 4. The van der Waals surface area contributed by atoms with Gasteiger partial charge in [0.05, 0.1) is 5.56 Å². The number of hydrogen-bond donors (Lipinski definition) is 3. The van der Waals surface area contributed by atoms with Crippen molar-refractivity contribution in [2.24, 2.45) is 5.73 Å². The van der Waals surface area contributed by atoms with Crippen molar-refractivity contribution < 1.29 is 18.3 Å². The summed E-state index contributed by atoms with van der Waals surface area (Å²) in [6.07, 6.45) is 1.62. The lowest BCUT2D eigenvalue weighted by molar-refractivity contribution is -0.133. The molecule has 0 fully saturated rings. The fourth-order valence-electron chi connectivity index (χ4n) is 3.09. The van der Waals surface area contributed by atoms with Crippen LogP contribution in [0, 0.1) is 17.0 Å². The van der Waals surface area contributed by atoms with Crippen LogP contribution in [0.4, 0.5) is 8.78 Å². The van der Waals surface area contributed by atoms with Crippen molar-refractivity contribution >= 4 is 11.7 Å². The van der Waals surface area contributed by atoms with Crippen LogP contribution in [0.15, 0.2) is 60.9 Å². The summed E-state index contributed by atoms with van der Waals surface area (Å²) >= 11 is 0. The highest BCUT2D eigenvalue weighted by Gasteiger charge is 2.28. The van der Waals surface area contributed by atoms with E-state index in [1.54, 1.807) is 43.3 Å². The average molecular weight is 424 g/mol. The molecule has 0 aliphatic heterocycles. The van der Waals surface area contributed by atoms with Gasteiger partial charge in [-0.2, -0.15) is 0 Å². The molecule has 0 saturated carbocycles. The lowest BCUT2D eigenvalue weighted by Crippen LogP contribution is -2.31. The number of carbonyl (C=O) groups excluding carboxylic acids is 1. The zero-order valence-corrected chi connectivity index (χ0v) is 16.9. The first-order valence-corrected chi connectivity index (χ1v) is 9.62. The number of nitrogens with zero attached hydrogens (tertiary/aromatic N) is 1. The number of carbonyl (C=O) groups is 1. The van der Waals surface area contributed by atoms with Gasteiger partial charge < -0.3 is 15.8 Å². The molecule has 0 radical (unpaired) electrons. The molecule has 31 heavy (non-hydrogen) atoms. The number of aromatic nitrogens is 1. The molecule has 4 N–H and O–H groups in total. The van der Waals surface area contributed by atoms with Crippen LogP contribution >= 0.6 is 0 Å². The Labute approximate surface area is 178 Å². The monoisotopic (exact) mass is 424 g/mol. The third-order valence-electron chi connectivity index (χ3n) is 4.66. The van der Waals surface area contributed by atoms with Crippen LogP contribution in [0.25, 0.3) is 11.1 Å². The van der Waals surface area contributed by atoms with Crippen molar-refractivity contribution in [2.45, 2.75) is 19.6 Å². The van der Waals surface area contributed by atoms with Gasteiger partial charge in [-0.15, -0.1) is 0 Å². The number of nitrogens with two attached hydrogens (primary N) is 1.